The molecule has 0 saturated heterocycles. The third-order valence-electron chi connectivity index (χ3n) is 3.47. The molecule has 1 aromatic carbocycles. The van der Waals surface area contributed by atoms with Crippen molar-refractivity contribution in [2.75, 3.05) is 11.4 Å². The molecule has 2 heterocycles. The highest BCUT2D eigenvalue weighted by atomic mass is 32.1. The van der Waals surface area contributed by atoms with Crippen LogP contribution in [-0.2, 0) is 11.2 Å². The van der Waals surface area contributed by atoms with Gasteiger partial charge in [0.05, 0.1) is 5.92 Å². The number of nitrogens with zero attached hydrogens (tertiary/aromatic N) is 1. The second-order valence-corrected chi connectivity index (χ2v) is 5.51. The van der Waals surface area contributed by atoms with Gasteiger partial charge >= 0.3 is 0 Å². The van der Waals surface area contributed by atoms with Crippen LogP contribution in [0.4, 0.5) is 5.69 Å². The van der Waals surface area contributed by atoms with E-state index >= 15 is 0 Å². The van der Waals surface area contributed by atoms with Crippen LogP contribution < -0.4 is 4.90 Å². The fraction of sp³-hybridized carbons (Fsp3) is 0.267. The minimum atomic E-state index is -0.000185. The van der Waals surface area contributed by atoms with Gasteiger partial charge in [-0.15, -0.1) is 11.3 Å². The van der Waals surface area contributed by atoms with Gasteiger partial charge < -0.3 is 4.90 Å². The molecule has 2 nitrogen and oxygen atoms in total. The van der Waals surface area contributed by atoms with Gasteiger partial charge in [-0.25, -0.2) is 0 Å². The molecule has 0 spiro atoms. The number of hydrogen-bond donors (Lipinski definition) is 0. The number of para-hydroxylation sites is 1. The second-order valence-electron chi connectivity index (χ2n) is 4.48. The molecule has 0 radical (unpaired) electrons. The molecule has 1 atom stereocenters. The summed E-state index contributed by atoms with van der Waals surface area (Å²) in [6.45, 7) is 2.78. The van der Waals surface area contributed by atoms with E-state index in [1.165, 1.54) is 10.4 Å². The van der Waals surface area contributed by atoms with Gasteiger partial charge in [0.2, 0.25) is 5.91 Å². The fourth-order valence-electron chi connectivity index (χ4n) is 2.62. The van der Waals surface area contributed by atoms with Crippen LogP contribution in [0, 0.1) is 0 Å². The molecule has 1 aliphatic heterocycles. The van der Waals surface area contributed by atoms with Crippen LogP contribution in [0.15, 0.2) is 41.8 Å². The topological polar surface area (TPSA) is 20.3 Å². The SMILES string of the molecule is CCN1C(=O)C(Cc2cccs2)c2ccccc21. The smallest absolute Gasteiger partial charge is 0.234 e. The Morgan fingerprint density at radius 2 is 2.06 bits per heavy atom. The summed E-state index contributed by atoms with van der Waals surface area (Å²) in [6, 6.07) is 12.3. The second kappa shape index (κ2) is 4.58. The zero-order chi connectivity index (χ0) is 12.5. The van der Waals surface area contributed by atoms with Crippen molar-refractivity contribution in [1.29, 1.82) is 0 Å². The number of likely N-dealkylation sites (N-methyl/N-ethyl adjacent to an activating group) is 1. The highest BCUT2D eigenvalue weighted by molar-refractivity contribution is 7.09. The van der Waals surface area contributed by atoms with Gasteiger partial charge in [0, 0.05) is 17.1 Å². The van der Waals surface area contributed by atoms with Crippen molar-refractivity contribution in [3.63, 3.8) is 0 Å². The fourth-order valence-corrected chi connectivity index (χ4v) is 3.37. The summed E-state index contributed by atoms with van der Waals surface area (Å²) in [5.41, 5.74) is 2.27. The molecule has 0 aliphatic carbocycles. The zero-order valence-electron chi connectivity index (χ0n) is 10.3. The van der Waals surface area contributed by atoms with Crippen LogP contribution in [0.5, 0.6) is 0 Å². The quantitative estimate of drug-likeness (QED) is 0.825. The lowest BCUT2D eigenvalue weighted by atomic mass is 9.97. The van der Waals surface area contributed by atoms with E-state index in [0.29, 0.717) is 0 Å². The number of amides is 1. The lowest BCUT2D eigenvalue weighted by Crippen LogP contribution is -2.28. The molecule has 0 N–H and O–H groups in total. The Hall–Kier alpha value is -1.61. The molecule has 92 valence electrons. The molecule has 18 heavy (non-hydrogen) atoms. The lowest BCUT2D eigenvalue weighted by molar-refractivity contribution is -0.119. The molecular formula is C15H15NOS. The maximum absolute atomic E-state index is 12.5. The van der Waals surface area contributed by atoms with Crippen molar-refractivity contribution in [2.24, 2.45) is 0 Å². The van der Waals surface area contributed by atoms with Crippen LogP contribution in [0.2, 0.25) is 0 Å². The highest BCUT2D eigenvalue weighted by Crippen LogP contribution is 2.39. The van der Waals surface area contributed by atoms with E-state index in [-0.39, 0.29) is 11.8 Å². The van der Waals surface area contributed by atoms with Crippen LogP contribution in [0.25, 0.3) is 0 Å². The maximum atomic E-state index is 12.5. The highest BCUT2D eigenvalue weighted by Gasteiger charge is 2.35. The number of hydrogen-bond acceptors (Lipinski definition) is 2. The summed E-state index contributed by atoms with van der Waals surface area (Å²) in [4.78, 5) is 15.6. The molecule has 0 bridgehead atoms. The number of carbonyl (C=O) groups excluding carboxylic acids is 1. The lowest BCUT2D eigenvalue weighted by Gasteiger charge is -2.14. The largest absolute Gasteiger partial charge is 0.312 e. The molecule has 0 saturated carbocycles. The van der Waals surface area contributed by atoms with Gasteiger partial charge in [0.25, 0.3) is 0 Å². The van der Waals surface area contributed by atoms with Crippen molar-refractivity contribution in [3.8, 4) is 0 Å². The van der Waals surface area contributed by atoms with Crippen molar-refractivity contribution < 1.29 is 4.79 Å². The molecule has 1 unspecified atom stereocenters. The van der Waals surface area contributed by atoms with E-state index in [2.05, 4.69) is 17.5 Å². The standard InChI is InChI=1S/C15H15NOS/c1-2-16-14-8-4-3-7-12(14)13(15(16)17)10-11-6-5-9-18-11/h3-9,13H,2,10H2,1H3. The third-order valence-corrected chi connectivity index (χ3v) is 4.37. The Labute approximate surface area is 111 Å². The Morgan fingerprint density at radius 1 is 1.22 bits per heavy atom. The monoisotopic (exact) mass is 257 g/mol. The number of rotatable bonds is 3. The first-order valence-electron chi connectivity index (χ1n) is 6.24. The summed E-state index contributed by atoms with van der Waals surface area (Å²) in [6.07, 6.45) is 0.823. The average molecular weight is 257 g/mol. The first-order chi connectivity index (χ1) is 8.81. The summed E-state index contributed by atoms with van der Waals surface area (Å²) >= 11 is 1.72. The number of anilines is 1. The Balaban J connectivity index is 1.98. The molecule has 0 fully saturated rings. The summed E-state index contributed by atoms with van der Waals surface area (Å²) in [5, 5.41) is 2.07. The minimum Gasteiger partial charge on any atom is -0.312 e. The first kappa shape index (κ1) is 11.5. The molecule has 3 heteroatoms. The minimum absolute atomic E-state index is 0.000185. The van der Waals surface area contributed by atoms with Crippen molar-refractivity contribution in [3.05, 3.63) is 52.2 Å². The van der Waals surface area contributed by atoms with E-state index in [1.54, 1.807) is 11.3 Å². The summed E-state index contributed by atoms with van der Waals surface area (Å²) in [7, 11) is 0. The zero-order valence-corrected chi connectivity index (χ0v) is 11.1. The van der Waals surface area contributed by atoms with Crippen LogP contribution in [0.3, 0.4) is 0 Å². The molecule has 3 rings (SSSR count). The van der Waals surface area contributed by atoms with Gasteiger partial charge in [0.1, 0.15) is 0 Å². The van der Waals surface area contributed by atoms with Crippen LogP contribution >= 0.6 is 11.3 Å². The van der Waals surface area contributed by atoms with Crippen molar-refractivity contribution in [2.45, 2.75) is 19.3 Å². The Kier molecular flexibility index (Phi) is 2.92. The van der Waals surface area contributed by atoms with Gasteiger partial charge in [-0.1, -0.05) is 24.3 Å². The number of fused-ring (bicyclic) bond motifs is 1. The molecule has 2 aromatic rings. The summed E-state index contributed by atoms with van der Waals surface area (Å²) < 4.78 is 0. The number of thiophene rings is 1. The van der Waals surface area contributed by atoms with E-state index in [1.807, 2.05) is 36.1 Å². The normalized spacial score (nSPS) is 18.2. The van der Waals surface area contributed by atoms with E-state index in [4.69, 9.17) is 0 Å². The summed E-state index contributed by atoms with van der Waals surface area (Å²) in [5.74, 6) is 0.242. The Bertz CT molecular complexity index is 562. The number of benzene rings is 1. The van der Waals surface area contributed by atoms with Crippen molar-refractivity contribution in [1.82, 2.24) is 0 Å². The van der Waals surface area contributed by atoms with Crippen molar-refractivity contribution >= 4 is 22.9 Å². The molecule has 1 aromatic heterocycles. The number of carbonyl (C=O) groups is 1. The van der Waals surface area contributed by atoms with Gasteiger partial charge in [0.15, 0.2) is 0 Å². The van der Waals surface area contributed by atoms with E-state index in [9.17, 15) is 4.79 Å². The Morgan fingerprint density at radius 3 is 2.78 bits per heavy atom. The molecule has 1 aliphatic rings. The van der Waals surface area contributed by atoms with Gasteiger partial charge in [-0.05, 0) is 36.4 Å². The molecular weight excluding hydrogens is 242 g/mol. The molecule has 1 amide bonds. The van der Waals surface area contributed by atoms with E-state index in [0.717, 1.165) is 18.7 Å². The van der Waals surface area contributed by atoms with E-state index < -0.39 is 0 Å². The van der Waals surface area contributed by atoms with Crippen LogP contribution in [-0.4, -0.2) is 12.5 Å². The van der Waals surface area contributed by atoms with Gasteiger partial charge in [-0.2, -0.15) is 0 Å². The average Bonchev–Trinajstić information content (AvgIpc) is 2.98. The first-order valence-corrected chi connectivity index (χ1v) is 7.12. The predicted octanol–water partition coefficient (Wildman–Crippen LogP) is 3.44. The maximum Gasteiger partial charge on any atom is 0.234 e. The third kappa shape index (κ3) is 1.75. The van der Waals surface area contributed by atoms with Crippen LogP contribution in [0.1, 0.15) is 23.3 Å². The van der Waals surface area contributed by atoms with Gasteiger partial charge in [-0.3, -0.25) is 4.79 Å². The predicted molar refractivity (Wildman–Crippen MR) is 75.2 cm³/mol.